The molecule has 0 aliphatic carbocycles. The van der Waals surface area contributed by atoms with Crippen molar-refractivity contribution >= 4 is 17.8 Å². The molecule has 0 radical (unpaired) electrons. The molecule has 1 aliphatic rings. The Kier molecular flexibility index (Phi) is 6.02. The Hall–Kier alpha value is -3.94. The van der Waals surface area contributed by atoms with Gasteiger partial charge in [-0.25, -0.2) is 9.48 Å². The average Bonchev–Trinajstić information content (AvgIpc) is 3.18. The highest BCUT2D eigenvalue weighted by Crippen LogP contribution is 2.27. The predicted molar refractivity (Wildman–Crippen MR) is 116 cm³/mol. The molecule has 0 saturated carbocycles. The lowest BCUT2D eigenvalue weighted by atomic mass is 10.0. The molecule has 0 bridgehead atoms. The smallest absolute Gasteiger partial charge is 0.359 e. The zero-order valence-electron chi connectivity index (χ0n) is 17.9. The van der Waals surface area contributed by atoms with E-state index in [0.29, 0.717) is 29.8 Å². The first-order valence-corrected chi connectivity index (χ1v) is 10.4. The van der Waals surface area contributed by atoms with Crippen LogP contribution in [0.2, 0.25) is 0 Å². The second-order valence-electron chi connectivity index (χ2n) is 7.34. The lowest BCUT2D eigenvalue weighted by Gasteiger charge is -2.28. The van der Waals surface area contributed by atoms with Crippen LogP contribution in [0.15, 0.2) is 54.6 Å². The molecule has 0 N–H and O–H groups in total. The number of hydrogen-bond acceptors (Lipinski definition) is 6. The summed E-state index contributed by atoms with van der Waals surface area (Å²) in [6.07, 6.45) is 0.534. The van der Waals surface area contributed by atoms with Crippen LogP contribution in [-0.4, -0.2) is 45.7 Å². The van der Waals surface area contributed by atoms with Crippen LogP contribution in [0.1, 0.15) is 46.0 Å². The molecule has 0 spiro atoms. The van der Waals surface area contributed by atoms with Crippen molar-refractivity contribution in [1.29, 1.82) is 0 Å². The number of aromatic nitrogens is 2. The molecule has 0 atom stereocenters. The topological polar surface area (TPSA) is 90.7 Å². The lowest BCUT2D eigenvalue weighted by Crippen LogP contribution is -2.36. The predicted octanol–water partition coefficient (Wildman–Crippen LogP) is 3.17. The molecule has 0 unspecified atom stereocenters. The van der Waals surface area contributed by atoms with Crippen molar-refractivity contribution in [3.05, 3.63) is 77.1 Å². The Morgan fingerprint density at radius 1 is 1.06 bits per heavy atom. The van der Waals surface area contributed by atoms with E-state index in [1.807, 2.05) is 30.3 Å². The normalized spacial score (nSPS) is 12.8. The summed E-state index contributed by atoms with van der Waals surface area (Å²) >= 11 is 0. The van der Waals surface area contributed by atoms with Gasteiger partial charge in [0.25, 0.3) is 5.91 Å². The van der Waals surface area contributed by atoms with E-state index in [9.17, 15) is 14.4 Å². The number of carbonyl (C=O) groups is 3. The lowest BCUT2D eigenvalue weighted by molar-refractivity contribution is -0.131. The molecule has 1 aromatic heterocycles. The molecule has 4 rings (SSSR count). The summed E-state index contributed by atoms with van der Waals surface area (Å²) in [6, 6.07) is 16.1. The van der Waals surface area contributed by atoms with Crippen molar-refractivity contribution in [3.8, 4) is 11.4 Å². The van der Waals surface area contributed by atoms with Gasteiger partial charge >= 0.3 is 11.9 Å². The van der Waals surface area contributed by atoms with E-state index in [1.54, 1.807) is 40.8 Å². The summed E-state index contributed by atoms with van der Waals surface area (Å²) in [4.78, 5) is 38.7. The van der Waals surface area contributed by atoms with Crippen molar-refractivity contribution < 1.29 is 23.9 Å². The van der Waals surface area contributed by atoms with Crippen molar-refractivity contribution in [2.24, 2.45) is 0 Å². The summed E-state index contributed by atoms with van der Waals surface area (Å²) < 4.78 is 12.1. The summed E-state index contributed by atoms with van der Waals surface area (Å²) in [5, 5.41) is 4.54. The first-order valence-electron chi connectivity index (χ1n) is 10.4. The zero-order valence-corrected chi connectivity index (χ0v) is 17.9. The number of carbonyl (C=O) groups excluding carboxylic acids is 3. The molecule has 0 fully saturated rings. The van der Waals surface area contributed by atoms with E-state index < -0.39 is 11.9 Å². The summed E-state index contributed by atoms with van der Waals surface area (Å²) in [7, 11) is 0. The SMILES string of the molecule is CCOC(=O)c1nn(-c2ccccc2)c2c1CN(C(=O)c1cccc(OC(C)=O)c1)CC2. The Labute approximate surface area is 185 Å². The molecule has 3 aromatic rings. The first kappa shape index (κ1) is 21.3. The minimum atomic E-state index is -0.510. The van der Waals surface area contributed by atoms with Gasteiger partial charge < -0.3 is 14.4 Å². The van der Waals surface area contributed by atoms with Crippen LogP contribution < -0.4 is 4.74 Å². The standard InChI is InChI=1S/C24H23N3O5/c1-3-31-24(30)22-20-15-26(23(29)17-8-7-11-19(14-17)32-16(2)28)13-12-21(20)27(25-22)18-9-5-4-6-10-18/h4-11,14H,3,12-13,15H2,1-2H3. The molecule has 32 heavy (non-hydrogen) atoms. The number of benzene rings is 2. The molecule has 1 amide bonds. The third kappa shape index (κ3) is 4.25. The van der Waals surface area contributed by atoms with E-state index in [2.05, 4.69) is 5.10 Å². The molecular weight excluding hydrogens is 410 g/mol. The molecule has 8 nitrogen and oxygen atoms in total. The Morgan fingerprint density at radius 3 is 2.56 bits per heavy atom. The number of hydrogen-bond donors (Lipinski definition) is 0. The number of ether oxygens (including phenoxy) is 2. The average molecular weight is 433 g/mol. The van der Waals surface area contributed by atoms with Crippen molar-refractivity contribution in [2.75, 3.05) is 13.2 Å². The van der Waals surface area contributed by atoms with Gasteiger partial charge in [0.05, 0.1) is 24.5 Å². The van der Waals surface area contributed by atoms with E-state index in [-0.39, 0.29) is 24.8 Å². The fraction of sp³-hybridized carbons (Fsp3) is 0.250. The highest BCUT2D eigenvalue weighted by atomic mass is 16.5. The minimum absolute atomic E-state index is 0.216. The summed E-state index contributed by atoms with van der Waals surface area (Å²) in [5.74, 6) is -0.869. The van der Waals surface area contributed by atoms with Crippen molar-refractivity contribution in [2.45, 2.75) is 26.8 Å². The number of fused-ring (bicyclic) bond motifs is 1. The summed E-state index contributed by atoms with van der Waals surface area (Å²) in [6.45, 7) is 3.97. The minimum Gasteiger partial charge on any atom is -0.461 e. The largest absolute Gasteiger partial charge is 0.461 e. The van der Waals surface area contributed by atoms with Gasteiger partial charge in [-0.3, -0.25) is 9.59 Å². The van der Waals surface area contributed by atoms with Crippen LogP contribution in [0.4, 0.5) is 0 Å². The third-order valence-electron chi connectivity index (χ3n) is 5.16. The van der Waals surface area contributed by atoms with Gasteiger partial charge in [-0.1, -0.05) is 24.3 Å². The highest BCUT2D eigenvalue weighted by molar-refractivity contribution is 5.95. The molecule has 2 heterocycles. The Morgan fingerprint density at radius 2 is 1.84 bits per heavy atom. The molecule has 2 aromatic carbocycles. The number of para-hydroxylation sites is 1. The van der Waals surface area contributed by atoms with E-state index in [4.69, 9.17) is 9.47 Å². The van der Waals surface area contributed by atoms with Crippen LogP contribution in [0.5, 0.6) is 5.75 Å². The fourth-order valence-corrected chi connectivity index (χ4v) is 3.78. The van der Waals surface area contributed by atoms with Crippen LogP contribution in [0.25, 0.3) is 5.69 Å². The molecular formula is C24H23N3O5. The van der Waals surface area contributed by atoms with Gasteiger partial charge in [0, 0.05) is 31.0 Å². The maximum Gasteiger partial charge on any atom is 0.359 e. The molecule has 0 saturated heterocycles. The first-order chi connectivity index (χ1) is 15.5. The van der Waals surface area contributed by atoms with Crippen LogP contribution >= 0.6 is 0 Å². The second kappa shape index (κ2) is 9.05. The van der Waals surface area contributed by atoms with Gasteiger partial charge in [-0.05, 0) is 37.3 Å². The van der Waals surface area contributed by atoms with Gasteiger partial charge in [0.2, 0.25) is 0 Å². The van der Waals surface area contributed by atoms with Crippen LogP contribution in [0, 0.1) is 0 Å². The van der Waals surface area contributed by atoms with Gasteiger partial charge in [0.1, 0.15) is 5.75 Å². The van der Waals surface area contributed by atoms with Crippen LogP contribution in [0.3, 0.4) is 0 Å². The molecule has 1 aliphatic heterocycles. The molecule has 164 valence electrons. The van der Waals surface area contributed by atoms with Crippen molar-refractivity contribution in [1.82, 2.24) is 14.7 Å². The number of amides is 1. The maximum atomic E-state index is 13.2. The molecule has 8 heteroatoms. The highest BCUT2D eigenvalue weighted by Gasteiger charge is 2.31. The van der Waals surface area contributed by atoms with Crippen LogP contribution in [-0.2, 0) is 22.5 Å². The van der Waals surface area contributed by atoms with Gasteiger partial charge in [-0.15, -0.1) is 0 Å². The summed E-state index contributed by atoms with van der Waals surface area (Å²) in [5.41, 5.74) is 3.03. The van der Waals surface area contributed by atoms with E-state index >= 15 is 0 Å². The number of rotatable bonds is 5. The van der Waals surface area contributed by atoms with Gasteiger partial charge in [-0.2, -0.15) is 5.10 Å². The van der Waals surface area contributed by atoms with E-state index in [0.717, 1.165) is 11.4 Å². The number of esters is 2. The Bertz CT molecular complexity index is 1170. The Balaban J connectivity index is 1.67. The monoisotopic (exact) mass is 433 g/mol. The van der Waals surface area contributed by atoms with Crippen molar-refractivity contribution in [3.63, 3.8) is 0 Å². The zero-order chi connectivity index (χ0) is 22.7. The van der Waals surface area contributed by atoms with Gasteiger partial charge in [0.15, 0.2) is 5.69 Å². The third-order valence-corrected chi connectivity index (χ3v) is 5.16. The quantitative estimate of drug-likeness (QED) is 0.453. The fourth-order valence-electron chi connectivity index (χ4n) is 3.78. The number of nitrogens with zero attached hydrogens (tertiary/aromatic N) is 3. The maximum absolute atomic E-state index is 13.2. The second-order valence-corrected chi connectivity index (χ2v) is 7.34. The van der Waals surface area contributed by atoms with E-state index in [1.165, 1.54) is 6.92 Å².